The van der Waals surface area contributed by atoms with Gasteiger partial charge in [0.1, 0.15) is 11.0 Å². The van der Waals surface area contributed by atoms with E-state index in [0.717, 1.165) is 23.5 Å². The van der Waals surface area contributed by atoms with Crippen LogP contribution in [0.15, 0.2) is 30.5 Å². The van der Waals surface area contributed by atoms with E-state index >= 15 is 0 Å². The van der Waals surface area contributed by atoms with E-state index in [1.165, 1.54) is 12.1 Å². The molecule has 0 atom stereocenters. The van der Waals surface area contributed by atoms with E-state index in [1.807, 2.05) is 0 Å². The fraction of sp³-hybridized carbons (Fsp3) is 0.308. The maximum Gasteiger partial charge on any atom is 0.416 e. The van der Waals surface area contributed by atoms with Crippen LogP contribution in [0.4, 0.5) is 13.2 Å². The zero-order valence-electron chi connectivity index (χ0n) is 10.7. The second-order valence-corrected chi connectivity index (χ2v) is 4.74. The first-order valence-corrected chi connectivity index (χ1v) is 6.28. The molecule has 1 aromatic carbocycles. The van der Waals surface area contributed by atoms with Crippen LogP contribution >= 0.6 is 11.6 Å². The molecule has 7 heteroatoms. The van der Waals surface area contributed by atoms with Gasteiger partial charge in [0.2, 0.25) is 0 Å². The van der Waals surface area contributed by atoms with Crippen molar-refractivity contribution in [2.45, 2.75) is 19.3 Å². The number of halogens is 4. The second kappa shape index (κ2) is 5.85. The fourth-order valence-corrected chi connectivity index (χ4v) is 1.87. The summed E-state index contributed by atoms with van der Waals surface area (Å²) >= 11 is 5.85. The van der Waals surface area contributed by atoms with E-state index in [1.54, 1.807) is 17.8 Å². The minimum absolute atomic E-state index is 0.461. The van der Waals surface area contributed by atoms with Crippen molar-refractivity contribution in [1.82, 2.24) is 14.9 Å². The van der Waals surface area contributed by atoms with Crippen LogP contribution in [0.25, 0.3) is 0 Å². The molecule has 1 heterocycles. The molecule has 0 radical (unpaired) electrons. The van der Waals surface area contributed by atoms with Gasteiger partial charge in [-0.15, -0.1) is 0 Å². The van der Waals surface area contributed by atoms with E-state index in [0.29, 0.717) is 18.2 Å². The van der Waals surface area contributed by atoms with Gasteiger partial charge in [0, 0.05) is 13.6 Å². The molecular formula is C13H13ClF3N3. The summed E-state index contributed by atoms with van der Waals surface area (Å²) in [6.45, 7) is 0.951. The highest BCUT2D eigenvalue weighted by atomic mass is 35.5. The van der Waals surface area contributed by atoms with Crippen LogP contribution in [-0.4, -0.2) is 9.55 Å². The molecule has 1 N–H and O–H groups in total. The Bertz CT molecular complexity index is 576. The smallest absolute Gasteiger partial charge is 0.321 e. The van der Waals surface area contributed by atoms with Crippen LogP contribution in [0.5, 0.6) is 0 Å². The third kappa shape index (κ3) is 3.52. The molecule has 20 heavy (non-hydrogen) atoms. The standard InChI is InChI=1S/C13H13ClF3N3/c1-20-11(14)7-19-12(20)8-18-6-9-2-4-10(5-3-9)13(15,16)17/h2-5,7,18H,6,8H2,1H3. The summed E-state index contributed by atoms with van der Waals surface area (Å²) in [7, 11) is 1.80. The minimum Gasteiger partial charge on any atom is -0.321 e. The first kappa shape index (κ1) is 14.9. The quantitative estimate of drug-likeness (QED) is 0.938. The summed E-state index contributed by atoms with van der Waals surface area (Å²) in [6, 6.07) is 5.08. The van der Waals surface area contributed by atoms with Gasteiger partial charge in [-0.25, -0.2) is 4.98 Å². The van der Waals surface area contributed by atoms with Crippen LogP contribution in [0, 0.1) is 0 Å². The average Bonchev–Trinajstić information content (AvgIpc) is 2.70. The summed E-state index contributed by atoms with van der Waals surface area (Å²) in [5.74, 6) is 0.766. The summed E-state index contributed by atoms with van der Waals surface area (Å²) in [6.07, 6.45) is -2.74. The van der Waals surface area contributed by atoms with Gasteiger partial charge in [0.25, 0.3) is 0 Å². The monoisotopic (exact) mass is 303 g/mol. The third-order valence-corrected chi connectivity index (χ3v) is 3.27. The fourth-order valence-electron chi connectivity index (χ4n) is 1.72. The number of benzene rings is 1. The molecule has 0 bridgehead atoms. The Morgan fingerprint density at radius 2 is 1.85 bits per heavy atom. The Kier molecular flexibility index (Phi) is 4.35. The van der Waals surface area contributed by atoms with Gasteiger partial charge in [-0.1, -0.05) is 23.7 Å². The Balaban J connectivity index is 1.90. The van der Waals surface area contributed by atoms with Crippen LogP contribution in [-0.2, 0) is 26.3 Å². The third-order valence-electron chi connectivity index (χ3n) is 2.92. The van der Waals surface area contributed by atoms with E-state index in [2.05, 4.69) is 10.3 Å². The number of imidazole rings is 1. The Morgan fingerprint density at radius 1 is 1.20 bits per heavy atom. The number of nitrogens with zero attached hydrogens (tertiary/aromatic N) is 2. The number of alkyl halides is 3. The highest BCUT2D eigenvalue weighted by molar-refractivity contribution is 6.29. The number of rotatable bonds is 4. The molecule has 0 saturated carbocycles. The Morgan fingerprint density at radius 3 is 2.35 bits per heavy atom. The highest BCUT2D eigenvalue weighted by Gasteiger charge is 2.29. The molecule has 0 amide bonds. The van der Waals surface area contributed by atoms with E-state index < -0.39 is 11.7 Å². The molecule has 0 aliphatic rings. The van der Waals surface area contributed by atoms with Crippen molar-refractivity contribution in [1.29, 1.82) is 0 Å². The molecule has 3 nitrogen and oxygen atoms in total. The molecular weight excluding hydrogens is 291 g/mol. The SMILES string of the molecule is Cn1c(Cl)cnc1CNCc1ccc(C(F)(F)F)cc1. The molecule has 108 valence electrons. The molecule has 1 aromatic heterocycles. The highest BCUT2D eigenvalue weighted by Crippen LogP contribution is 2.29. The number of hydrogen-bond donors (Lipinski definition) is 1. The van der Waals surface area contributed by atoms with Crippen LogP contribution < -0.4 is 5.32 Å². The number of hydrogen-bond acceptors (Lipinski definition) is 2. The normalized spacial score (nSPS) is 11.8. The largest absolute Gasteiger partial charge is 0.416 e. The molecule has 0 unspecified atom stereocenters. The summed E-state index contributed by atoms with van der Waals surface area (Å²) in [4.78, 5) is 4.11. The van der Waals surface area contributed by atoms with Crippen molar-refractivity contribution >= 4 is 11.6 Å². The lowest BCUT2D eigenvalue weighted by Gasteiger charge is -2.08. The molecule has 0 fully saturated rings. The molecule has 0 aliphatic carbocycles. The lowest BCUT2D eigenvalue weighted by atomic mass is 10.1. The molecule has 2 aromatic rings. The lowest BCUT2D eigenvalue weighted by molar-refractivity contribution is -0.137. The first-order valence-electron chi connectivity index (χ1n) is 5.91. The Labute approximate surface area is 119 Å². The van der Waals surface area contributed by atoms with Crippen molar-refractivity contribution < 1.29 is 13.2 Å². The van der Waals surface area contributed by atoms with Crippen LogP contribution in [0.2, 0.25) is 5.15 Å². The topological polar surface area (TPSA) is 29.9 Å². The number of nitrogens with one attached hydrogen (secondary N) is 1. The average molecular weight is 304 g/mol. The predicted octanol–water partition coefficient (Wildman–Crippen LogP) is 3.38. The van der Waals surface area contributed by atoms with Gasteiger partial charge < -0.3 is 9.88 Å². The Hall–Kier alpha value is -1.53. The van der Waals surface area contributed by atoms with Gasteiger partial charge in [-0.3, -0.25) is 0 Å². The van der Waals surface area contributed by atoms with Gasteiger partial charge in [0.05, 0.1) is 18.3 Å². The maximum absolute atomic E-state index is 12.4. The number of aromatic nitrogens is 2. The van der Waals surface area contributed by atoms with Gasteiger partial charge >= 0.3 is 6.18 Å². The summed E-state index contributed by atoms with van der Waals surface area (Å²) in [5, 5.41) is 3.65. The lowest BCUT2D eigenvalue weighted by Crippen LogP contribution is -2.16. The predicted molar refractivity (Wildman–Crippen MR) is 70.2 cm³/mol. The van der Waals surface area contributed by atoms with Crippen LogP contribution in [0.1, 0.15) is 17.0 Å². The van der Waals surface area contributed by atoms with Crippen LogP contribution in [0.3, 0.4) is 0 Å². The van der Waals surface area contributed by atoms with E-state index in [9.17, 15) is 13.2 Å². The van der Waals surface area contributed by atoms with Gasteiger partial charge in [-0.2, -0.15) is 13.2 Å². The zero-order chi connectivity index (χ0) is 14.8. The van der Waals surface area contributed by atoms with E-state index in [4.69, 9.17) is 11.6 Å². The van der Waals surface area contributed by atoms with E-state index in [-0.39, 0.29) is 0 Å². The molecule has 0 spiro atoms. The zero-order valence-corrected chi connectivity index (χ0v) is 11.5. The summed E-state index contributed by atoms with van der Waals surface area (Å²) in [5.41, 5.74) is 0.135. The van der Waals surface area contributed by atoms with Crippen molar-refractivity contribution in [3.05, 3.63) is 52.6 Å². The minimum atomic E-state index is -4.30. The second-order valence-electron chi connectivity index (χ2n) is 4.35. The molecule has 0 saturated heterocycles. The molecule has 0 aliphatic heterocycles. The summed E-state index contributed by atoms with van der Waals surface area (Å²) < 4.78 is 38.9. The van der Waals surface area contributed by atoms with Crippen molar-refractivity contribution in [3.63, 3.8) is 0 Å². The van der Waals surface area contributed by atoms with Crippen molar-refractivity contribution in [2.75, 3.05) is 0 Å². The van der Waals surface area contributed by atoms with Crippen molar-refractivity contribution in [2.24, 2.45) is 7.05 Å². The maximum atomic E-state index is 12.4. The molecule has 2 rings (SSSR count). The first-order chi connectivity index (χ1) is 9.38. The van der Waals surface area contributed by atoms with Gasteiger partial charge in [-0.05, 0) is 17.7 Å². The van der Waals surface area contributed by atoms with Gasteiger partial charge in [0.15, 0.2) is 0 Å². The van der Waals surface area contributed by atoms with Crippen molar-refractivity contribution in [3.8, 4) is 0 Å².